The van der Waals surface area contributed by atoms with Crippen LogP contribution in [0.4, 0.5) is 5.82 Å². The molecule has 1 aliphatic rings. The Bertz CT molecular complexity index is 1590. The Hall–Kier alpha value is -4.56. The lowest BCUT2D eigenvalue weighted by Gasteiger charge is -2.35. The number of anilines is 1. The Morgan fingerprint density at radius 2 is 1.71 bits per heavy atom. The van der Waals surface area contributed by atoms with Crippen LogP contribution in [-0.4, -0.2) is 61.9 Å². The van der Waals surface area contributed by atoms with Crippen LogP contribution < -0.4 is 4.90 Å². The number of nitrogens with zero attached hydrogens (tertiary/aromatic N) is 6. The van der Waals surface area contributed by atoms with E-state index in [1.807, 2.05) is 31.6 Å². The van der Waals surface area contributed by atoms with Crippen LogP contribution in [0, 0.1) is 0 Å². The van der Waals surface area contributed by atoms with Gasteiger partial charge < -0.3 is 10.0 Å². The van der Waals surface area contributed by atoms with Gasteiger partial charge in [0.15, 0.2) is 0 Å². The van der Waals surface area contributed by atoms with Crippen LogP contribution in [0.3, 0.4) is 0 Å². The molecule has 1 fully saturated rings. The maximum absolute atomic E-state index is 11.6. The lowest BCUT2D eigenvalue weighted by molar-refractivity contribution is 0.0691. The van der Waals surface area contributed by atoms with E-state index in [0.717, 1.165) is 66.2 Å². The monoisotopic (exact) mass is 504 g/mol. The summed E-state index contributed by atoms with van der Waals surface area (Å²) in [7, 11) is 1.87. The first-order valence-electron chi connectivity index (χ1n) is 12.7. The predicted octanol–water partition coefficient (Wildman–Crippen LogP) is 4.72. The zero-order valence-electron chi connectivity index (χ0n) is 21.2. The predicted molar refractivity (Wildman–Crippen MR) is 148 cm³/mol. The number of aromatic carboxylic acids is 1. The van der Waals surface area contributed by atoms with Crippen molar-refractivity contribution in [3.8, 4) is 22.3 Å². The molecule has 38 heavy (non-hydrogen) atoms. The molecular weight excluding hydrogens is 476 g/mol. The largest absolute Gasteiger partial charge is 0.477 e. The van der Waals surface area contributed by atoms with Crippen LogP contribution in [0.5, 0.6) is 0 Å². The quantitative estimate of drug-likeness (QED) is 0.358. The molecule has 0 spiro atoms. The minimum Gasteiger partial charge on any atom is -0.477 e. The van der Waals surface area contributed by atoms with Crippen LogP contribution in [0.2, 0.25) is 0 Å². The molecule has 3 aromatic heterocycles. The smallest absolute Gasteiger partial charge is 0.354 e. The lowest BCUT2D eigenvalue weighted by Crippen LogP contribution is -2.46. The Morgan fingerprint density at radius 3 is 2.39 bits per heavy atom. The molecule has 1 N–H and O–H groups in total. The van der Waals surface area contributed by atoms with Crippen molar-refractivity contribution < 1.29 is 9.90 Å². The van der Waals surface area contributed by atoms with Gasteiger partial charge in [-0.3, -0.25) is 9.58 Å². The second-order valence-corrected chi connectivity index (χ2v) is 9.65. The third-order valence-electron chi connectivity index (χ3n) is 7.07. The number of hydrogen-bond donors (Lipinski definition) is 1. The zero-order chi connectivity index (χ0) is 26.1. The summed E-state index contributed by atoms with van der Waals surface area (Å²) < 4.78 is 1.75. The molecule has 0 radical (unpaired) electrons. The van der Waals surface area contributed by atoms with E-state index in [-0.39, 0.29) is 5.69 Å². The summed E-state index contributed by atoms with van der Waals surface area (Å²) in [6, 6.07) is 22.1. The number of carboxylic acid groups (broad SMARTS) is 1. The van der Waals surface area contributed by atoms with Gasteiger partial charge in [-0.05, 0) is 53.1 Å². The number of carbonyl (C=O) groups is 1. The zero-order valence-corrected chi connectivity index (χ0v) is 21.2. The van der Waals surface area contributed by atoms with E-state index in [9.17, 15) is 9.90 Å². The summed E-state index contributed by atoms with van der Waals surface area (Å²) in [6.07, 6.45) is 5.63. The van der Waals surface area contributed by atoms with Crippen molar-refractivity contribution in [1.82, 2.24) is 24.6 Å². The van der Waals surface area contributed by atoms with Crippen LogP contribution in [0.15, 0.2) is 85.3 Å². The number of fused-ring (bicyclic) bond motifs is 1. The van der Waals surface area contributed by atoms with Gasteiger partial charge in [-0.25, -0.2) is 14.8 Å². The standard InChI is InChI=1S/C30H28N6O2/c1-34-20-24(18-32-34)23-15-26(25-8-9-27(30(37)38)33-28(25)16-23)22-7-10-29(31-17-22)36-13-11-35(12-14-36)19-21-5-3-2-4-6-21/h2-10,15-18,20H,11-14,19H2,1H3,(H,37,38). The number of carboxylic acids is 1. The molecule has 0 bridgehead atoms. The van der Waals surface area contributed by atoms with Crippen molar-refractivity contribution in [2.75, 3.05) is 31.1 Å². The van der Waals surface area contributed by atoms with Crippen LogP contribution >= 0.6 is 0 Å². The molecule has 0 atom stereocenters. The molecule has 190 valence electrons. The van der Waals surface area contributed by atoms with Gasteiger partial charge in [0.05, 0.1) is 11.7 Å². The number of benzene rings is 2. The minimum absolute atomic E-state index is 0.0201. The fraction of sp³-hybridized carbons (Fsp3) is 0.200. The summed E-state index contributed by atoms with van der Waals surface area (Å²) in [4.78, 5) is 25.6. The molecule has 1 aliphatic heterocycles. The highest BCUT2D eigenvalue weighted by atomic mass is 16.4. The Labute approximate surface area is 220 Å². The highest BCUT2D eigenvalue weighted by Gasteiger charge is 2.19. The Kier molecular flexibility index (Phi) is 6.31. The van der Waals surface area contributed by atoms with Gasteiger partial charge in [-0.1, -0.05) is 30.3 Å². The topological polar surface area (TPSA) is 87.4 Å². The molecule has 4 heterocycles. The van der Waals surface area contributed by atoms with Crippen molar-refractivity contribution in [1.29, 1.82) is 0 Å². The molecule has 2 aromatic carbocycles. The van der Waals surface area contributed by atoms with Gasteiger partial charge in [0.25, 0.3) is 0 Å². The molecule has 1 saturated heterocycles. The van der Waals surface area contributed by atoms with Crippen molar-refractivity contribution in [3.05, 3.63) is 96.6 Å². The molecule has 8 heteroatoms. The summed E-state index contributed by atoms with van der Waals surface area (Å²) >= 11 is 0. The number of aromatic nitrogens is 4. The summed E-state index contributed by atoms with van der Waals surface area (Å²) in [5.41, 5.74) is 5.76. The number of piperazine rings is 1. The Balaban J connectivity index is 1.26. The first-order chi connectivity index (χ1) is 18.5. The third-order valence-corrected chi connectivity index (χ3v) is 7.07. The van der Waals surface area contributed by atoms with Gasteiger partial charge in [0, 0.05) is 68.7 Å². The fourth-order valence-corrected chi connectivity index (χ4v) is 5.04. The number of pyridine rings is 2. The summed E-state index contributed by atoms with van der Waals surface area (Å²) in [6.45, 7) is 4.82. The van der Waals surface area contributed by atoms with Crippen LogP contribution in [0.25, 0.3) is 33.2 Å². The fourth-order valence-electron chi connectivity index (χ4n) is 5.04. The maximum atomic E-state index is 11.6. The molecular formula is C30H28N6O2. The van der Waals surface area contributed by atoms with Gasteiger partial charge in [-0.2, -0.15) is 5.10 Å². The van der Waals surface area contributed by atoms with E-state index in [2.05, 4.69) is 68.4 Å². The maximum Gasteiger partial charge on any atom is 0.354 e. The van der Waals surface area contributed by atoms with Gasteiger partial charge in [0.2, 0.25) is 0 Å². The van der Waals surface area contributed by atoms with Crippen molar-refractivity contribution in [3.63, 3.8) is 0 Å². The van der Waals surface area contributed by atoms with E-state index < -0.39 is 5.97 Å². The Morgan fingerprint density at radius 1 is 0.895 bits per heavy atom. The number of aryl methyl sites for hydroxylation is 1. The van der Waals surface area contributed by atoms with Gasteiger partial charge in [-0.15, -0.1) is 0 Å². The second kappa shape index (κ2) is 10.1. The second-order valence-electron chi connectivity index (χ2n) is 9.65. The van der Waals surface area contributed by atoms with Gasteiger partial charge >= 0.3 is 5.97 Å². The summed E-state index contributed by atoms with van der Waals surface area (Å²) in [5, 5.41) is 14.6. The van der Waals surface area contributed by atoms with E-state index in [0.29, 0.717) is 5.52 Å². The molecule has 0 saturated carbocycles. The summed E-state index contributed by atoms with van der Waals surface area (Å²) in [5.74, 6) is -0.0813. The molecule has 5 aromatic rings. The highest BCUT2D eigenvalue weighted by molar-refractivity contribution is 6.00. The third kappa shape index (κ3) is 4.86. The van der Waals surface area contributed by atoms with Crippen LogP contribution in [-0.2, 0) is 13.6 Å². The number of hydrogen-bond acceptors (Lipinski definition) is 6. The molecule has 8 nitrogen and oxygen atoms in total. The van der Waals surface area contributed by atoms with Gasteiger partial charge in [0.1, 0.15) is 11.5 Å². The SMILES string of the molecule is Cn1cc(-c2cc(-c3ccc(N4CCN(Cc5ccccc5)CC4)nc3)c3ccc(C(=O)O)nc3c2)cn1. The molecule has 6 rings (SSSR count). The lowest BCUT2D eigenvalue weighted by atomic mass is 9.96. The molecule has 0 unspecified atom stereocenters. The highest BCUT2D eigenvalue weighted by Crippen LogP contribution is 2.34. The van der Waals surface area contributed by atoms with Crippen molar-refractivity contribution >= 4 is 22.7 Å². The normalized spacial score (nSPS) is 14.2. The average Bonchev–Trinajstić information content (AvgIpc) is 3.39. The van der Waals surface area contributed by atoms with Crippen molar-refractivity contribution in [2.45, 2.75) is 6.54 Å². The van der Waals surface area contributed by atoms with E-state index in [1.54, 1.807) is 16.9 Å². The molecule has 0 amide bonds. The molecule has 0 aliphatic carbocycles. The first-order valence-corrected chi connectivity index (χ1v) is 12.7. The first kappa shape index (κ1) is 23.8. The average molecular weight is 505 g/mol. The van der Waals surface area contributed by atoms with Crippen molar-refractivity contribution in [2.24, 2.45) is 7.05 Å². The van der Waals surface area contributed by atoms with Crippen LogP contribution in [0.1, 0.15) is 16.1 Å². The van der Waals surface area contributed by atoms with E-state index in [1.165, 1.54) is 5.56 Å². The van der Waals surface area contributed by atoms with E-state index in [4.69, 9.17) is 4.98 Å². The van der Waals surface area contributed by atoms with E-state index >= 15 is 0 Å². The minimum atomic E-state index is -1.05. The number of rotatable bonds is 6.